The van der Waals surface area contributed by atoms with Crippen LogP contribution in [-0.2, 0) is 0 Å². The zero-order chi connectivity index (χ0) is 17.6. The Balaban J connectivity index is 1.34. The quantitative estimate of drug-likeness (QED) is 0.262. The summed E-state index contributed by atoms with van der Waals surface area (Å²) in [6.45, 7) is 2.30. The van der Waals surface area contributed by atoms with Gasteiger partial charge in [0.05, 0.1) is 0 Å². The average molecular weight is 341 g/mol. The maximum atomic E-state index is 2.40. The van der Waals surface area contributed by atoms with Crippen molar-refractivity contribution in [1.29, 1.82) is 0 Å². The first-order valence-electron chi connectivity index (χ1n) is 11.2. The zero-order valence-corrected chi connectivity index (χ0v) is 16.7. The molecule has 0 nitrogen and oxygen atoms in total. The minimum Gasteiger partial charge on any atom is -0.0801 e. The number of rotatable bonds is 15. The van der Waals surface area contributed by atoms with E-state index in [9.17, 15) is 0 Å². The second-order valence-electron chi connectivity index (χ2n) is 7.92. The Morgan fingerprint density at radius 2 is 1.24 bits per heavy atom. The molecule has 2 aliphatic carbocycles. The summed E-state index contributed by atoms with van der Waals surface area (Å²) in [5.74, 6) is 0. The van der Waals surface area contributed by atoms with Crippen LogP contribution in [0.3, 0.4) is 0 Å². The van der Waals surface area contributed by atoms with E-state index in [2.05, 4.69) is 37.3 Å². The van der Waals surface area contributed by atoms with E-state index in [0.29, 0.717) is 0 Å². The smallest absolute Gasteiger partial charge is 0.0157 e. The second-order valence-corrected chi connectivity index (χ2v) is 7.92. The third-order valence-corrected chi connectivity index (χ3v) is 5.68. The molecule has 0 fully saturated rings. The van der Waals surface area contributed by atoms with Gasteiger partial charge in [0, 0.05) is 0 Å². The lowest BCUT2D eigenvalue weighted by Crippen LogP contribution is -1.92. The lowest BCUT2D eigenvalue weighted by Gasteiger charge is -2.11. The third-order valence-electron chi connectivity index (χ3n) is 5.68. The molecular formula is C25H40. The standard InChI is InChI=1S/C25H40/c1-2-3-4-5-6-7-8-9-10-11-12-13-14-15-18-23-21-22-24-19-16-17-20-25(23)24/h16,19-22H,2-15,17-18H2,1H3. The van der Waals surface area contributed by atoms with Crippen molar-refractivity contribution >= 4 is 0 Å². The van der Waals surface area contributed by atoms with Gasteiger partial charge in [-0.15, -0.1) is 0 Å². The first-order valence-corrected chi connectivity index (χ1v) is 11.2. The monoisotopic (exact) mass is 340 g/mol. The first kappa shape index (κ1) is 20.3. The van der Waals surface area contributed by atoms with Crippen molar-refractivity contribution in [3.05, 3.63) is 47.1 Å². The maximum Gasteiger partial charge on any atom is -0.0157 e. The summed E-state index contributed by atoms with van der Waals surface area (Å²) in [7, 11) is 0. The molecule has 2 rings (SSSR count). The van der Waals surface area contributed by atoms with E-state index < -0.39 is 0 Å². The molecular weight excluding hydrogens is 300 g/mol. The Morgan fingerprint density at radius 3 is 1.84 bits per heavy atom. The Hall–Kier alpha value is -1.04. The number of hydrogen-bond acceptors (Lipinski definition) is 0. The van der Waals surface area contributed by atoms with Crippen molar-refractivity contribution in [1.82, 2.24) is 0 Å². The van der Waals surface area contributed by atoms with Gasteiger partial charge in [-0.2, -0.15) is 0 Å². The molecule has 2 aliphatic rings. The Bertz CT molecular complexity index is 472. The lowest BCUT2D eigenvalue weighted by molar-refractivity contribution is 0.535. The van der Waals surface area contributed by atoms with Crippen molar-refractivity contribution in [3.8, 4) is 0 Å². The number of unbranched alkanes of at least 4 members (excludes halogenated alkanes) is 13. The molecule has 0 saturated heterocycles. The summed E-state index contributed by atoms with van der Waals surface area (Å²) in [4.78, 5) is 0. The summed E-state index contributed by atoms with van der Waals surface area (Å²) in [5.41, 5.74) is 4.54. The SMILES string of the molecule is CCCCCCCCCCCCCCCCC1=CC=C2C=CCC=C21. The minimum absolute atomic E-state index is 1.11. The Kier molecular flexibility index (Phi) is 10.7. The number of fused-ring (bicyclic) bond motifs is 1. The Labute approximate surface area is 157 Å². The van der Waals surface area contributed by atoms with Gasteiger partial charge in [0.2, 0.25) is 0 Å². The molecule has 140 valence electrons. The largest absolute Gasteiger partial charge is 0.0801 e. The normalized spacial score (nSPS) is 15.8. The first-order chi connectivity index (χ1) is 12.4. The summed E-state index contributed by atoms with van der Waals surface area (Å²) in [5, 5.41) is 0. The molecule has 0 radical (unpaired) electrons. The predicted molar refractivity (Wildman–Crippen MR) is 113 cm³/mol. The molecule has 0 spiro atoms. The van der Waals surface area contributed by atoms with Crippen LogP contribution in [0.25, 0.3) is 0 Å². The van der Waals surface area contributed by atoms with Gasteiger partial charge in [-0.05, 0) is 36.0 Å². The third kappa shape index (κ3) is 8.25. The lowest BCUT2D eigenvalue weighted by atomic mass is 9.94. The van der Waals surface area contributed by atoms with Crippen molar-refractivity contribution in [3.63, 3.8) is 0 Å². The molecule has 0 bridgehead atoms. The zero-order valence-electron chi connectivity index (χ0n) is 16.7. The topological polar surface area (TPSA) is 0 Å². The van der Waals surface area contributed by atoms with Crippen LogP contribution in [0.2, 0.25) is 0 Å². The predicted octanol–water partition coefficient (Wildman–Crippen LogP) is 8.61. The van der Waals surface area contributed by atoms with Gasteiger partial charge in [0.1, 0.15) is 0 Å². The summed E-state index contributed by atoms with van der Waals surface area (Å²) >= 11 is 0. The van der Waals surface area contributed by atoms with Crippen molar-refractivity contribution in [2.24, 2.45) is 0 Å². The van der Waals surface area contributed by atoms with Crippen LogP contribution in [-0.4, -0.2) is 0 Å². The van der Waals surface area contributed by atoms with Gasteiger partial charge in [0.15, 0.2) is 0 Å². The highest BCUT2D eigenvalue weighted by molar-refractivity contribution is 5.60. The summed E-state index contributed by atoms with van der Waals surface area (Å²) in [6, 6.07) is 0. The highest BCUT2D eigenvalue weighted by atomic mass is 14.2. The molecule has 0 amide bonds. The van der Waals surface area contributed by atoms with Crippen LogP contribution < -0.4 is 0 Å². The highest BCUT2D eigenvalue weighted by Crippen LogP contribution is 2.33. The molecule has 0 aromatic rings. The fourth-order valence-electron chi connectivity index (χ4n) is 4.06. The van der Waals surface area contributed by atoms with Gasteiger partial charge in [0.25, 0.3) is 0 Å². The molecule has 0 heteroatoms. The number of allylic oxidation sites excluding steroid dienone is 8. The van der Waals surface area contributed by atoms with E-state index in [1.54, 1.807) is 5.57 Å². The van der Waals surface area contributed by atoms with Crippen LogP contribution in [0.4, 0.5) is 0 Å². The van der Waals surface area contributed by atoms with Crippen molar-refractivity contribution in [2.45, 2.75) is 110 Å². The fourth-order valence-corrected chi connectivity index (χ4v) is 4.06. The van der Waals surface area contributed by atoms with E-state index in [1.165, 1.54) is 107 Å². The molecule has 25 heavy (non-hydrogen) atoms. The number of hydrogen-bond donors (Lipinski definition) is 0. The van der Waals surface area contributed by atoms with Crippen LogP contribution >= 0.6 is 0 Å². The molecule has 0 aromatic carbocycles. The van der Waals surface area contributed by atoms with Crippen LogP contribution in [0.1, 0.15) is 110 Å². The van der Waals surface area contributed by atoms with Gasteiger partial charge >= 0.3 is 0 Å². The van der Waals surface area contributed by atoms with Crippen LogP contribution in [0.15, 0.2) is 47.1 Å². The van der Waals surface area contributed by atoms with E-state index in [4.69, 9.17) is 0 Å². The van der Waals surface area contributed by atoms with Crippen molar-refractivity contribution < 1.29 is 0 Å². The maximum absolute atomic E-state index is 2.40. The van der Waals surface area contributed by atoms with Crippen LogP contribution in [0, 0.1) is 0 Å². The summed E-state index contributed by atoms with van der Waals surface area (Å²) in [6.07, 6.45) is 34.2. The van der Waals surface area contributed by atoms with Gasteiger partial charge in [-0.3, -0.25) is 0 Å². The van der Waals surface area contributed by atoms with Gasteiger partial charge in [-0.25, -0.2) is 0 Å². The molecule has 0 aromatic heterocycles. The van der Waals surface area contributed by atoms with E-state index in [-0.39, 0.29) is 0 Å². The van der Waals surface area contributed by atoms with Crippen molar-refractivity contribution in [2.75, 3.05) is 0 Å². The minimum atomic E-state index is 1.11. The van der Waals surface area contributed by atoms with Gasteiger partial charge < -0.3 is 0 Å². The average Bonchev–Trinajstić information content (AvgIpc) is 3.05. The summed E-state index contributed by atoms with van der Waals surface area (Å²) < 4.78 is 0. The molecule has 0 heterocycles. The molecule has 0 saturated carbocycles. The van der Waals surface area contributed by atoms with Crippen LogP contribution in [0.5, 0.6) is 0 Å². The highest BCUT2D eigenvalue weighted by Gasteiger charge is 2.14. The fraction of sp³-hybridized carbons (Fsp3) is 0.680. The Morgan fingerprint density at radius 1 is 0.680 bits per heavy atom. The molecule has 0 aliphatic heterocycles. The van der Waals surface area contributed by atoms with E-state index >= 15 is 0 Å². The van der Waals surface area contributed by atoms with E-state index in [0.717, 1.165) is 6.42 Å². The molecule has 0 unspecified atom stereocenters. The molecule has 0 N–H and O–H groups in total. The molecule has 0 atom stereocenters. The second kappa shape index (κ2) is 13.2. The van der Waals surface area contributed by atoms with Gasteiger partial charge in [-0.1, -0.05) is 121 Å². The van der Waals surface area contributed by atoms with E-state index in [1.807, 2.05) is 0 Å².